The summed E-state index contributed by atoms with van der Waals surface area (Å²) < 4.78 is 40.8. The van der Waals surface area contributed by atoms with Crippen LogP contribution in [0.25, 0.3) is 11.3 Å². The van der Waals surface area contributed by atoms with Crippen molar-refractivity contribution in [3.63, 3.8) is 0 Å². The molecule has 0 N–H and O–H groups in total. The van der Waals surface area contributed by atoms with Crippen LogP contribution < -0.4 is 4.90 Å². The van der Waals surface area contributed by atoms with Crippen LogP contribution in [0.3, 0.4) is 0 Å². The molecule has 162 valence electrons. The van der Waals surface area contributed by atoms with Crippen molar-refractivity contribution in [3.05, 3.63) is 72.3 Å². The van der Waals surface area contributed by atoms with E-state index in [0.29, 0.717) is 36.8 Å². The highest BCUT2D eigenvalue weighted by atomic mass is 32.2. The van der Waals surface area contributed by atoms with Gasteiger partial charge in [0.2, 0.25) is 10.0 Å². The molecule has 1 aromatic heterocycles. The molecule has 2 aromatic carbocycles. The standard InChI is InChI=1S/C23H25FN4O2S/c1-2-3-18-4-10-21(11-5-18)31(29,30)28-14-12-27(13-15-28)23-16-22(25-17-26-23)19-6-8-20(24)9-7-19/h4-11,16-17H,2-3,12-15H2,1H3. The molecule has 6 nitrogen and oxygen atoms in total. The summed E-state index contributed by atoms with van der Waals surface area (Å²) in [5.74, 6) is 0.436. The second-order valence-electron chi connectivity index (χ2n) is 7.55. The Morgan fingerprint density at radius 2 is 1.61 bits per heavy atom. The van der Waals surface area contributed by atoms with E-state index in [9.17, 15) is 12.8 Å². The van der Waals surface area contributed by atoms with Crippen LogP contribution in [0.5, 0.6) is 0 Å². The summed E-state index contributed by atoms with van der Waals surface area (Å²) in [6.07, 6.45) is 3.45. The number of hydrogen-bond donors (Lipinski definition) is 0. The van der Waals surface area contributed by atoms with Crippen LogP contribution in [-0.4, -0.2) is 48.9 Å². The van der Waals surface area contributed by atoms with Gasteiger partial charge in [-0.2, -0.15) is 4.31 Å². The zero-order chi connectivity index (χ0) is 21.8. The quantitative estimate of drug-likeness (QED) is 0.584. The number of piperazine rings is 1. The zero-order valence-electron chi connectivity index (χ0n) is 17.4. The van der Waals surface area contributed by atoms with Crippen molar-refractivity contribution in [3.8, 4) is 11.3 Å². The van der Waals surface area contributed by atoms with Crippen molar-refractivity contribution in [1.82, 2.24) is 14.3 Å². The summed E-state index contributed by atoms with van der Waals surface area (Å²) in [6, 6.07) is 15.2. The van der Waals surface area contributed by atoms with E-state index in [1.807, 2.05) is 23.1 Å². The molecule has 0 bridgehead atoms. The second-order valence-corrected chi connectivity index (χ2v) is 9.49. The van der Waals surface area contributed by atoms with Gasteiger partial charge in [-0.15, -0.1) is 0 Å². The smallest absolute Gasteiger partial charge is 0.243 e. The van der Waals surface area contributed by atoms with Gasteiger partial charge in [-0.3, -0.25) is 0 Å². The molecule has 0 aliphatic carbocycles. The maximum Gasteiger partial charge on any atom is 0.243 e. The molecule has 2 heterocycles. The number of anilines is 1. The average Bonchev–Trinajstić information content (AvgIpc) is 2.80. The number of nitrogens with zero attached hydrogens (tertiary/aromatic N) is 4. The molecule has 0 unspecified atom stereocenters. The van der Waals surface area contributed by atoms with E-state index in [1.54, 1.807) is 24.3 Å². The van der Waals surface area contributed by atoms with Crippen molar-refractivity contribution in [1.29, 1.82) is 0 Å². The van der Waals surface area contributed by atoms with Crippen LogP contribution in [0.1, 0.15) is 18.9 Å². The highest BCUT2D eigenvalue weighted by Gasteiger charge is 2.29. The van der Waals surface area contributed by atoms with Gasteiger partial charge in [0.15, 0.2) is 0 Å². The Labute approximate surface area is 182 Å². The van der Waals surface area contributed by atoms with E-state index in [-0.39, 0.29) is 5.82 Å². The fourth-order valence-corrected chi connectivity index (χ4v) is 5.14. The molecular weight excluding hydrogens is 415 g/mol. The predicted octanol–water partition coefficient (Wildman–Crippen LogP) is 3.75. The lowest BCUT2D eigenvalue weighted by molar-refractivity contribution is 0.384. The first-order chi connectivity index (χ1) is 15.0. The number of hydrogen-bond acceptors (Lipinski definition) is 5. The van der Waals surface area contributed by atoms with Gasteiger partial charge in [0.1, 0.15) is 18.0 Å². The Kier molecular flexibility index (Phi) is 6.29. The van der Waals surface area contributed by atoms with Crippen LogP contribution in [-0.2, 0) is 16.4 Å². The first-order valence-corrected chi connectivity index (χ1v) is 11.8. The van der Waals surface area contributed by atoms with E-state index in [2.05, 4.69) is 16.9 Å². The lowest BCUT2D eigenvalue weighted by atomic mass is 10.1. The molecular formula is C23H25FN4O2S. The third-order valence-corrected chi connectivity index (χ3v) is 7.37. The summed E-state index contributed by atoms with van der Waals surface area (Å²) in [7, 11) is -3.52. The SMILES string of the molecule is CCCc1ccc(S(=O)(=O)N2CCN(c3cc(-c4ccc(F)cc4)ncn3)CC2)cc1. The maximum atomic E-state index is 13.2. The van der Waals surface area contributed by atoms with Gasteiger partial charge in [-0.25, -0.2) is 22.8 Å². The Morgan fingerprint density at radius 3 is 2.26 bits per heavy atom. The molecule has 31 heavy (non-hydrogen) atoms. The molecule has 0 spiro atoms. The van der Waals surface area contributed by atoms with Crippen molar-refractivity contribution >= 4 is 15.8 Å². The first kappa shape index (κ1) is 21.4. The molecule has 1 fully saturated rings. The summed E-state index contributed by atoms with van der Waals surface area (Å²) >= 11 is 0. The van der Waals surface area contributed by atoms with Crippen LogP contribution >= 0.6 is 0 Å². The molecule has 1 saturated heterocycles. The molecule has 1 aliphatic rings. The van der Waals surface area contributed by atoms with Gasteiger partial charge < -0.3 is 4.90 Å². The third kappa shape index (κ3) is 4.75. The second kappa shape index (κ2) is 9.11. The summed E-state index contributed by atoms with van der Waals surface area (Å²) in [5, 5.41) is 0. The van der Waals surface area contributed by atoms with Gasteiger partial charge in [0.05, 0.1) is 10.6 Å². The van der Waals surface area contributed by atoms with Crippen LogP contribution in [0, 0.1) is 5.82 Å². The molecule has 3 aromatic rings. The molecule has 1 aliphatic heterocycles. The number of benzene rings is 2. The van der Waals surface area contributed by atoms with Gasteiger partial charge in [0, 0.05) is 37.8 Å². The average molecular weight is 441 g/mol. The van der Waals surface area contributed by atoms with Crippen LogP contribution in [0.2, 0.25) is 0 Å². The largest absolute Gasteiger partial charge is 0.354 e. The van der Waals surface area contributed by atoms with E-state index < -0.39 is 10.0 Å². The number of aromatic nitrogens is 2. The van der Waals surface area contributed by atoms with Gasteiger partial charge in [-0.1, -0.05) is 25.5 Å². The minimum absolute atomic E-state index is 0.296. The molecule has 0 amide bonds. The predicted molar refractivity (Wildman–Crippen MR) is 119 cm³/mol. The summed E-state index contributed by atoms with van der Waals surface area (Å²) in [5.41, 5.74) is 2.65. The number of rotatable bonds is 6. The van der Waals surface area contributed by atoms with E-state index in [4.69, 9.17) is 0 Å². The minimum atomic E-state index is -3.52. The fraction of sp³-hybridized carbons (Fsp3) is 0.304. The van der Waals surface area contributed by atoms with Crippen molar-refractivity contribution < 1.29 is 12.8 Å². The Bertz CT molecular complexity index is 1130. The molecule has 4 rings (SSSR count). The zero-order valence-corrected chi connectivity index (χ0v) is 18.2. The Hall–Kier alpha value is -2.84. The molecule has 0 atom stereocenters. The number of aryl methyl sites for hydroxylation is 1. The van der Waals surface area contributed by atoms with Gasteiger partial charge in [-0.05, 0) is 48.4 Å². The normalized spacial score (nSPS) is 15.2. The Balaban J connectivity index is 1.45. The highest BCUT2D eigenvalue weighted by molar-refractivity contribution is 7.89. The first-order valence-electron chi connectivity index (χ1n) is 10.4. The number of sulfonamides is 1. The summed E-state index contributed by atoms with van der Waals surface area (Å²) in [4.78, 5) is 11.0. The molecule has 8 heteroatoms. The topological polar surface area (TPSA) is 66.4 Å². The van der Waals surface area contributed by atoms with Crippen LogP contribution in [0.15, 0.2) is 65.8 Å². The van der Waals surface area contributed by atoms with Crippen LogP contribution in [0.4, 0.5) is 10.2 Å². The molecule has 0 radical (unpaired) electrons. The van der Waals surface area contributed by atoms with E-state index in [0.717, 1.165) is 29.8 Å². The maximum absolute atomic E-state index is 13.2. The summed E-state index contributed by atoms with van der Waals surface area (Å²) in [6.45, 7) is 3.94. The van der Waals surface area contributed by atoms with E-state index >= 15 is 0 Å². The lowest BCUT2D eigenvalue weighted by Gasteiger charge is -2.34. The lowest BCUT2D eigenvalue weighted by Crippen LogP contribution is -2.48. The minimum Gasteiger partial charge on any atom is -0.354 e. The fourth-order valence-electron chi connectivity index (χ4n) is 3.72. The van der Waals surface area contributed by atoms with E-state index in [1.165, 1.54) is 22.8 Å². The highest BCUT2D eigenvalue weighted by Crippen LogP contribution is 2.24. The third-order valence-electron chi connectivity index (χ3n) is 5.46. The number of halogens is 1. The van der Waals surface area contributed by atoms with Gasteiger partial charge >= 0.3 is 0 Å². The monoisotopic (exact) mass is 440 g/mol. The molecule has 0 saturated carbocycles. The Morgan fingerprint density at radius 1 is 0.935 bits per heavy atom. The van der Waals surface area contributed by atoms with Crippen molar-refractivity contribution in [2.75, 3.05) is 31.1 Å². The van der Waals surface area contributed by atoms with Gasteiger partial charge in [0.25, 0.3) is 0 Å². The van der Waals surface area contributed by atoms with Crippen molar-refractivity contribution in [2.45, 2.75) is 24.7 Å². The van der Waals surface area contributed by atoms with Crippen molar-refractivity contribution in [2.24, 2.45) is 0 Å².